The van der Waals surface area contributed by atoms with Gasteiger partial charge in [0.25, 0.3) is 5.56 Å². The van der Waals surface area contributed by atoms with Gasteiger partial charge in [-0.3, -0.25) is 14.9 Å². The van der Waals surface area contributed by atoms with Crippen LogP contribution in [0.5, 0.6) is 5.75 Å². The average molecular weight is 409 g/mol. The maximum absolute atomic E-state index is 13.4. The van der Waals surface area contributed by atoms with Gasteiger partial charge in [-0.1, -0.05) is 0 Å². The van der Waals surface area contributed by atoms with Crippen LogP contribution < -0.4 is 10.3 Å². The van der Waals surface area contributed by atoms with E-state index in [1.807, 2.05) is 31.2 Å². The van der Waals surface area contributed by atoms with Crippen LogP contribution in [-0.4, -0.2) is 41.9 Å². The molecular formula is C23H24FN3O3. The van der Waals surface area contributed by atoms with Gasteiger partial charge in [-0.25, -0.2) is 9.07 Å². The molecule has 6 nitrogen and oxygen atoms in total. The number of halogens is 1. The Balaban J connectivity index is 1.79. The molecule has 0 bridgehead atoms. The first-order valence-corrected chi connectivity index (χ1v) is 9.95. The van der Waals surface area contributed by atoms with Gasteiger partial charge in [0.05, 0.1) is 36.7 Å². The molecular weight excluding hydrogens is 385 g/mol. The Bertz CT molecular complexity index is 1090. The van der Waals surface area contributed by atoms with Crippen LogP contribution in [0.1, 0.15) is 25.3 Å². The lowest BCUT2D eigenvalue weighted by atomic mass is 10.0. The highest BCUT2D eigenvalue weighted by Gasteiger charge is 2.21. The van der Waals surface area contributed by atoms with E-state index in [2.05, 4.69) is 10.1 Å². The third-order valence-electron chi connectivity index (χ3n) is 5.27. The molecule has 0 radical (unpaired) electrons. The minimum Gasteiger partial charge on any atom is -0.497 e. The number of ether oxygens (including phenoxy) is 2. The number of aromatic nitrogens is 2. The second-order valence-electron chi connectivity index (χ2n) is 7.27. The summed E-state index contributed by atoms with van der Waals surface area (Å²) >= 11 is 0. The molecule has 1 fully saturated rings. The number of hydrogen-bond acceptors (Lipinski definition) is 4. The van der Waals surface area contributed by atoms with Crippen LogP contribution >= 0.6 is 0 Å². The van der Waals surface area contributed by atoms with Crippen molar-refractivity contribution in [1.29, 1.82) is 0 Å². The molecule has 1 N–H and O–H groups in total. The van der Waals surface area contributed by atoms with E-state index >= 15 is 0 Å². The minimum absolute atomic E-state index is 0.0997. The van der Waals surface area contributed by atoms with E-state index in [0.717, 1.165) is 30.8 Å². The van der Waals surface area contributed by atoms with E-state index in [-0.39, 0.29) is 17.5 Å². The fourth-order valence-corrected chi connectivity index (χ4v) is 3.62. The summed E-state index contributed by atoms with van der Waals surface area (Å²) in [4.78, 5) is 18.0. The number of aliphatic imine (C=N–C) groups is 1. The summed E-state index contributed by atoms with van der Waals surface area (Å²) in [7, 11) is 1.61. The smallest absolute Gasteiger partial charge is 0.280 e. The number of hydrogen-bond donors (Lipinski definition) is 1. The summed E-state index contributed by atoms with van der Waals surface area (Å²) in [6.45, 7) is 3.12. The van der Waals surface area contributed by atoms with Crippen LogP contribution in [0.15, 0.2) is 58.3 Å². The van der Waals surface area contributed by atoms with E-state index in [4.69, 9.17) is 9.47 Å². The summed E-state index contributed by atoms with van der Waals surface area (Å²) in [5.74, 6) is 0.368. The van der Waals surface area contributed by atoms with Crippen LogP contribution in [0.4, 0.5) is 4.39 Å². The first-order valence-electron chi connectivity index (χ1n) is 9.95. The van der Waals surface area contributed by atoms with Crippen molar-refractivity contribution in [3.05, 3.63) is 70.3 Å². The first kappa shape index (κ1) is 20.1. The number of aromatic amines is 1. The second-order valence-corrected chi connectivity index (χ2v) is 7.27. The molecule has 3 aromatic rings. The normalized spacial score (nSPS) is 16.8. The molecule has 4 rings (SSSR count). The monoisotopic (exact) mass is 409 g/mol. The molecule has 1 aromatic heterocycles. The fourth-order valence-electron chi connectivity index (χ4n) is 3.62. The summed E-state index contributed by atoms with van der Waals surface area (Å²) < 4.78 is 25.7. The quantitative estimate of drug-likeness (QED) is 0.627. The number of nitrogens with zero attached hydrogens (tertiary/aromatic N) is 2. The van der Waals surface area contributed by atoms with E-state index in [0.29, 0.717) is 29.2 Å². The molecule has 0 spiro atoms. The zero-order valence-corrected chi connectivity index (χ0v) is 17.0. The van der Waals surface area contributed by atoms with Crippen molar-refractivity contribution in [3.8, 4) is 22.7 Å². The molecule has 156 valence electrons. The largest absolute Gasteiger partial charge is 0.497 e. The van der Waals surface area contributed by atoms with Crippen molar-refractivity contribution >= 4 is 5.71 Å². The van der Waals surface area contributed by atoms with Crippen LogP contribution in [0, 0.1) is 5.82 Å². The van der Waals surface area contributed by atoms with E-state index in [1.165, 1.54) is 16.8 Å². The Labute approximate surface area is 174 Å². The first-order chi connectivity index (χ1) is 14.6. The summed E-state index contributed by atoms with van der Waals surface area (Å²) in [6.07, 6.45) is 2.12. The van der Waals surface area contributed by atoms with Gasteiger partial charge in [-0.2, -0.15) is 0 Å². The maximum Gasteiger partial charge on any atom is 0.280 e. The van der Waals surface area contributed by atoms with Crippen LogP contribution in [0.25, 0.3) is 16.9 Å². The third-order valence-corrected chi connectivity index (χ3v) is 5.27. The Kier molecular flexibility index (Phi) is 5.81. The molecule has 7 heteroatoms. The number of rotatable bonds is 6. The SMILES string of the molecule is COc1ccc(-c2[nH]n(-c3ccc(F)cc3)c(=O)c2C(C)=NCC2CCCO2)cc1. The number of H-pyrrole nitrogens is 1. The molecule has 1 atom stereocenters. The van der Waals surface area contributed by atoms with Crippen molar-refractivity contribution in [2.75, 3.05) is 20.3 Å². The summed E-state index contributed by atoms with van der Waals surface area (Å²) in [5, 5.41) is 3.18. The Morgan fingerprint density at radius 3 is 2.60 bits per heavy atom. The summed E-state index contributed by atoms with van der Waals surface area (Å²) in [6, 6.07) is 13.2. The number of benzene rings is 2. The molecule has 2 aromatic carbocycles. The van der Waals surface area contributed by atoms with E-state index < -0.39 is 0 Å². The molecule has 30 heavy (non-hydrogen) atoms. The van der Waals surface area contributed by atoms with Gasteiger partial charge < -0.3 is 9.47 Å². The van der Waals surface area contributed by atoms with Gasteiger partial charge in [0, 0.05) is 17.9 Å². The molecule has 1 aliphatic rings. The van der Waals surface area contributed by atoms with Crippen LogP contribution in [0.2, 0.25) is 0 Å². The number of nitrogens with one attached hydrogen (secondary N) is 1. The molecule has 2 heterocycles. The van der Waals surface area contributed by atoms with Gasteiger partial charge in [0.2, 0.25) is 0 Å². The lowest BCUT2D eigenvalue weighted by molar-refractivity contribution is 0.118. The fraction of sp³-hybridized carbons (Fsp3) is 0.304. The van der Waals surface area contributed by atoms with Gasteiger partial charge in [-0.15, -0.1) is 0 Å². The molecule has 0 amide bonds. The minimum atomic E-state index is -0.358. The van der Waals surface area contributed by atoms with E-state index in [9.17, 15) is 9.18 Å². The van der Waals surface area contributed by atoms with Gasteiger partial charge in [0.1, 0.15) is 11.6 Å². The van der Waals surface area contributed by atoms with Gasteiger partial charge >= 0.3 is 0 Å². The maximum atomic E-state index is 13.4. The van der Waals surface area contributed by atoms with Crippen LogP contribution in [0.3, 0.4) is 0 Å². The van der Waals surface area contributed by atoms with Crippen molar-refractivity contribution in [2.24, 2.45) is 4.99 Å². The lowest BCUT2D eigenvalue weighted by Gasteiger charge is -2.07. The van der Waals surface area contributed by atoms with Crippen LogP contribution in [-0.2, 0) is 4.74 Å². The highest BCUT2D eigenvalue weighted by molar-refractivity contribution is 6.03. The van der Waals surface area contributed by atoms with Crippen molar-refractivity contribution in [1.82, 2.24) is 9.78 Å². The van der Waals surface area contributed by atoms with Gasteiger partial charge in [0.15, 0.2) is 0 Å². The zero-order chi connectivity index (χ0) is 21.1. The standard InChI is InChI=1S/C23H24FN3O3/c1-15(25-14-20-4-3-13-30-20)21-22(16-5-11-19(29-2)12-6-16)26-27(23(21)28)18-9-7-17(24)8-10-18/h5-12,20,26H,3-4,13-14H2,1-2H3. The highest BCUT2D eigenvalue weighted by atomic mass is 19.1. The highest BCUT2D eigenvalue weighted by Crippen LogP contribution is 2.24. The lowest BCUT2D eigenvalue weighted by Crippen LogP contribution is -2.20. The predicted octanol–water partition coefficient (Wildman–Crippen LogP) is 3.97. The molecule has 1 saturated heterocycles. The molecule has 1 aliphatic heterocycles. The van der Waals surface area contributed by atoms with E-state index in [1.54, 1.807) is 19.2 Å². The topological polar surface area (TPSA) is 68.6 Å². The van der Waals surface area contributed by atoms with Crippen molar-refractivity contribution in [2.45, 2.75) is 25.9 Å². The second kappa shape index (κ2) is 8.67. The number of methoxy groups -OCH3 is 1. The molecule has 1 unspecified atom stereocenters. The molecule has 0 saturated carbocycles. The zero-order valence-electron chi connectivity index (χ0n) is 17.0. The van der Waals surface area contributed by atoms with Crippen molar-refractivity contribution in [3.63, 3.8) is 0 Å². The Hall–Kier alpha value is -3.19. The summed E-state index contributed by atoms with van der Waals surface area (Å²) in [5.41, 5.74) is 2.92. The predicted molar refractivity (Wildman–Crippen MR) is 114 cm³/mol. The molecule has 0 aliphatic carbocycles. The third kappa shape index (κ3) is 4.07. The van der Waals surface area contributed by atoms with Gasteiger partial charge in [-0.05, 0) is 68.3 Å². The van der Waals surface area contributed by atoms with Crippen molar-refractivity contribution < 1.29 is 13.9 Å². The Morgan fingerprint density at radius 2 is 1.97 bits per heavy atom. The average Bonchev–Trinajstić information content (AvgIpc) is 3.41. The Morgan fingerprint density at radius 1 is 1.23 bits per heavy atom.